The summed E-state index contributed by atoms with van der Waals surface area (Å²) in [7, 11) is 1.62. The van der Waals surface area contributed by atoms with Crippen LogP contribution in [0.5, 0.6) is 11.5 Å². The molecule has 0 fully saturated rings. The lowest BCUT2D eigenvalue weighted by Crippen LogP contribution is -2.34. The van der Waals surface area contributed by atoms with Crippen molar-refractivity contribution in [2.24, 2.45) is 0 Å². The van der Waals surface area contributed by atoms with Gasteiger partial charge in [0.1, 0.15) is 18.0 Å². The summed E-state index contributed by atoms with van der Waals surface area (Å²) in [5, 5.41) is 2.48. The molecule has 1 N–H and O–H groups in total. The van der Waals surface area contributed by atoms with E-state index in [0.29, 0.717) is 31.1 Å². The molecule has 0 saturated carbocycles. The molecule has 8 heteroatoms. The summed E-state index contributed by atoms with van der Waals surface area (Å²) in [4.78, 5) is 37.9. The minimum Gasteiger partial charge on any atom is -0.494 e. The van der Waals surface area contributed by atoms with E-state index in [-0.39, 0.29) is 12.5 Å². The Balaban J connectivity index is 1.76. The first-order chi connectivity index (χ1) is 14.9. The summed E-state index contributed by atoms with van der Waals surface area (Å²) >= 11 is 0. The minimum atomic E-state index is -0.704. The van der Waals surface area contributed by atoms with E-state index < -0.39 is 18.5 Å². The maximum Gasteiger partial charge on any atom is 0.325 e. The smallest absolute Gasteiger partial charge is 0.325 e. The fourth-order valence-corrected chi connectivity index (χ4v) is 2.71. The van der Waals surface area contributed by atoms with E-state index >= 15 is 0 Å². The highest BCUT2D eigenvalue weighted by molar-refractivity contribution is 5.98. The molecule has 8 nitrogen and oxygen atoms in total. The Kier molecular flexibility index (Phi) is 9.35. The number of esters is 1. The van der Waals surface area contributed by atoms with Crippen molar-refractivity contribution in [2.75, 3.05) is 33.4 Å². The normalized spacial score (nSPS) is 10.2. The molecule has 0 aliphatic heterocycles. The standard InChI is InChI=1S/C23H28N2O6/c1-4-29-18-12-10-17(11-13-18)15-25(3)21(26)16-31-22(27)14-24-23(28)19-8-6-7-9-20(19)30-5-2/h6-13H,4-5,14-16H2,1-3H3,(H,24,28). The molecule has 0 unspecified atom stereocenters. The molecule has 0 atom stereocenters. The molecule has 2 amide bonds. The largest absolute Gasteiger partial charge is 0.494 e. The van der Waals surface area contributed by atoms with Gasteiger partial charge in [0, 0.05) is 13.6 Å². The van der Waals surface area contributed by atoms with Gasteiger partial charge in [0.2, 0.25) is 0 Å². The number of nitrogens with zero attached hydrogens (tertiary/aromatic N) is 1. The van der Waals surface area contributed by atoms with Crippen LogP contribution in [0.4, 0.5) is 0 Å². The van der Waals surface area contributed by atoms with Crippen molar-refractivity contribution in [3.05, 3.63) is 59.7 Å². The maximum atomic E-state index is 12.3. The highest BCUT2D eigenvalue weighted by atomic mass is 16.5. The number of carbonyl (C=O) groups is 3. The summed E-state index contributed by atoms with van der Waals surface area (Å²) in [5.41, 5.74) is 1.24. The third-order valence-electron chi connectivity index (χ3n) is 4.26. The Morgan fingerprint density at radius 2 is 1.61 bits per heavy atom. The molecule has 31 heavy (non-hydrogen) atoms. The zero-order valence-corrected chi connectivity index (χ0v) is 18.1. The van der Waals surface area contributed by atoms with Crippen molar-refractivity contribution in [1.29, 1.82) is 0 Å². The number of amides is 2. The second-order valence-corrected chi connectivity index (χ2v) is 6.60. The second-order valence-electron chi connectivity index (χ2n) is 6.60. The third kappa shape index (κ3) is 7.65. The van der Waals surface area contributed by atoms with E-state index in [2.05, 4.69) is 5.32 Å². The van der Waals surface area contributed by atoms with Crippen molar-refractivity contribution >= 4 is 17.8 Å². The maximum absolute atomic E-state index is 12.3. The van der Waals surface area contributed by atoms with Gasteiger partial charge in [0.25, 0.3) is 11.8 Å². The van der Waals surface area contributed by atoms with Crippen molar-refractivity contribution in [1.82, 2.24) is 10.2 Å². The SMILES string of the molecule is CCOc1ccc(CN(C)C(=O)COC(=O)CNC(=O)c2ccccc2OCC)cc1. The van der Waals surface area contributed by atoms with Gasteiger partial charge in [-0.2, -0.15) is 0 Å². The highest BCUT2D eigenvalue weighted by Crippen LogP contribution is 2.17. The second kappa shape index (κ2) is 12.2. The molecule has 0 heterocycles. The topological polar surface area (TPSA) is 94.2 Å². The van der Waals surface area contributed by atoms with Crippen molar-refractivity contribution in [3.8, 4) is 11.5 Å². The van der Waals surface area contributed by atoms with Crippen LogP contribution in [-0.4, -0.2) is 56.1 Å². The monoisotopic (exact) mass is 428 g/mol. The summed E-state index contributed by atoms with van der Waals surface area (Å²) < 4.78 is 15.8. The van der Waals surface area contributed by atoms with Gasteiger partial charge < -0.3 is 24.4 Å². The number of para-hydroxylation sites is 1. The van der Waals surface area contributed by atoms with Crippen LogP contribution in [0, 0.1) is 0 Å². The van der Waals surface area contributed by atoms with Gasteiger partial charge >= 0.3 is 5.97 Å². The first kappa shape index (κ1) is 23.7. The number of benzene rings is 2. The van der Waals surface area contributed by atoms with Gasteiger partial charge in [-0.15, -0.1) is 0 Å². The number of hydrogen-bond donors (Lipinski definition) is 1. The molecule has 166 valence electrons. The molecule has 0 aliphatic carbocycles. The van der Waals surface area contributed by atoms with Crippen LogP contribution in [0.1, 0.15) is 29.8 Å². The Morgan fingerprint density at radius 1 is 0.935 bits per heavy atom. The van der Waals surface area contributed by atoms with Crippen LogP contribution in [0.15, 0.2) is 48.5 Å². The van der Waals surface area contributed by atoms with E-state index in [1.807, 2.05) is 38.1 Å². The summed E-state index contributed by atoms with van der Waals surface area (Å²) in [6.07, 6.45) is 0. The first-order valence-corrected chi connectivity index (χ1v) is 10.1. The van der Waals surface area contributed by atoms with Crippen LogP contribution in [0.3, 0.4) is 0 Å². The first-order valence-electron chi connectivity index (χ1n) is 10.1. The molecular formula is C23H28N2O6. The summed E-state index contributed by atoms with van der Waals surface area (Å²) in [6.45, 7) is 4.34. The number of rotatable bonds is 11. The fourth-order valence-electron chi connectivity index (χ4n) is 2.71. The summed E-state index contributed by atoms with van der Waals surface area (Å²) in [5.74, 6) is -0.317. The van der Waals surface area contributed by atoms with Crippen molar-refractivity contribution in [3.63, 3.8) is 0 Å². The lowest BCUT2D eigenvalue weighted by molar-refractivity contribution is -0.150. The van der Waals surface area contributed by atoms with Gasteiger partial charge in [-0.05, 0) is 43.7 Å². The Morgan fingerprint density at radius 3 is 2.29 bits per heavy atom. The van der Waals surface area contributed by atoms with Gasteiger partial charge in [-0.25, -0.2) is 0 Å². The molecule has 0 bridgehead atoms. The summed E-state index contributed by atoms with van der Waals surface area (Å²) in [6, 6.07) is 14.2. The average Bonchev–Trinajstić information content (AvgIpc) is 2.77. The Labute approximate surface area is 182 Å². The van der Waals surface area contributed by atoms with E-state index in [1.54, 1.807) is 31.3 Å². The molecular weight excluding hydrogens is 400 g/mol. The van der Waals surface area contributed by atoms with E-state index in [9.17, 15) is 14.4 Å². The van der Waals surface area contributed by atoms with Gasteiger partial charge in [-0.3, -0.25) is 14.4 Å². The molecule has 2 aromatic carbocycles. The zero-order valence-electron chi connectivity index (χ0n) is 18.1. The lowest BCUT2D eigenvalue weighted by Gasteiger charge is -2.17. The van der Waals surface area contributed by atoms with Crippen LogP contribution >= 0.6 is 0 Å². The number of likely N-dealkylation sites (N-methyl/N-ethyl adjacent to an activating group) is 1. The van der Waals surface area contributed by atoms with Crippen LogP contribution < -0.4 is 14.8 Å². The van der Waals surface area contributed by atoms with Crippen molar-refractivity contribution in [2.45, 2.75) is 20.4 Å². The number of carbonyl (C=O) groups excluding carboxylic acids is 3. The fraction of sp³-hybridized carbons (Fsp3) is 0.348. The van der Waals surface area contributed by atoms with Gasteiger partial charge in [0.15, 0.2) is 6.61 Å². The van der Waals surface area contributed by atoms with Crippen LogP contribution in [-0.2, 0) is 20.9 Å². The van der Waals surface area contributed by atoms with E-state index in [1.165, 1.54) is 4.90 Å². The highest BCUT2D eigenvalue weighted by Gasteiger charge is 2.16. The Hall–Kier alpha value is -3.55. The quantitative estimate of drug-likeness (QED) is 0.553. The van der Waals surface area contributed by atoms with Crippen LogP contribution in [0.2, 0.25) is 0 Å². The molecule has 0 aliphatic rings. The minimum absolute atomic E-state index is 0.323. The number of ether oxygens (including phenoxy) is 3. The van der Waals surface area contributed by atoms with Gasteiger partial charge in [-0.1, -0.05) is 24.3 Å². The molecule has 2 rings (SSSR count). The van der Waals surface area contributed by atoms with E-state index in [0.717, 1.165) is 11.3 Å². The molecule has 0 radical (unpaired) electrons. The Bertz CT molecular complexity index is 882. The molecule has 0 spiro atoms. The number of nitrogens with one attached hydrogen (secondary N) is 1. The third-order valence-corrected chi connectivity index (χ3v) is 4.26. The predicted octanol–water partition coefficient (Wildman–Crippen LogP) is 2.42. The number of hydrogen-bond acceptors (Lipinski definition) is 6. The van der Waals surface area contributed by atoms with Gasteiger partial charge in [0.05, 0.1) is 18.8 Å². The van der Waals surface area contributed by atoms with Crippen LogP contribution in [0.25, 0.3) is 0 Å². The lowest BCUT2D eigenvalue weighted by atomic mass is 10.2. The van der Waals surface area contributed by atoms with E-state index in [4.69, 9.17) is 14.2 Å². The molecule has 0 saturated heterocycles. The van der Waals surface area contributed by atoms with Crippen molar-refractivity contribution < 1.29 is 28.6 Å². The average molecular weight is 428 g/mol. The zero-order chi connectivity index (χ0) is 22.6. The predicted molar refractivity (Wildman–Crippen MR) is 115 cm³/mol. The molecule has 2 aromatic rings. The molecule has 0 aromatic heterocycles.